The molecule has 0 aliphatic heterocycles. The van der Waals surface area contributed by atoms with Gasteiger partial charge >= 0.3 is 18.0 Å². The maximum absolute atomic E-state index is 13.0. The second-order valence-corrected chi connectivity index (χ2v) is 6.18. The van der Waals surface area contributed by atoms with Crippen LogP contribution in [0.15, 0.2) is 40.1 Å². The number of anilines is 2. The van der Waals surface area contributed by atoms with Crippen LogP contribution in [-0.2, 0) is 26.4 Å². The molecule has 2 heterocycles. The van der Waals surface area contributed by atoms with Crippen LogP contribution in [-0.4, -0.2) is 14.1 Å². The maximum Gasteiger partial charge on any atom is 0.416 e. The molecule has 3 rings (SSSR count). The molecule has 0 amide bonds. The highest BCUT2D eigenvalue weighted by atomic mass is 19.4. The van der Waals surface area contributed by atoms with Crippen molar-refractivity contribution in [1.82, 2.24) is 14.1 Å². The molecule has 1 aromatic carbocycles. The fourth-order valence-corrected chi connectivity index (χ4v) is 2.77. The first-order valence-corrected chi connectivity index (χ1v) is 7.92. The molecule has 2 aromatic heterocycles. The van der Waals surface area contributed by atoms with E-state index in [0.29, 0.717) is 12.1 Å². The van der Waals surface area contributed by atoms with E-state index in [0.717, 1.165) is 9.13 Å². The smallest absolute Gasteiger partial charge is 0.355 e. The van der Waals surface area contributed by atoms with Crippen LogP contribution in [0.5, 0.6) is 0 Å². The Morgan fingerprint density at radius 1 is 0.897 bits per heavy atom. The molecule has 0 saturated heterocycles. The second kappa shape index (κ2) is 6.64. The third kappa shape index (κ3) is 3.69. The Hall–Kier alpha value is -3.31. The summed E-state index contributed by atoms with van der Waals surface area (Å²) in [7, 11) is 2.51. The standard InChI is InChI=1S/C17H12F6N4O2/c1-26-13-12(14(28)27(2)15(26)29)11(3-4-24-13)25-10-6-8(16(18,19)20)5-9(7-10)17(21,22)23/h3-7H,1-2H3,(H,24,25). The van der Waals surface area contributed by atoms with Gasteiger partial charge in [0, 0.05) is 26.0 Å². The quantitative estimate of drug-likeness (QED) is 0.648. The van der Waals surface area contributed by atoms with Crippen LogP contribution in [0.4, 0.5) is 37.7 Å². The maximum atomic E-state index is 13.0. The molecule has 154 valence electrons. The monoisotopic (exact) mass is 418 g/mol. The van der Waals surface area contributed by atoms with Gasteiger partial charge in [-0.05, 0) is 24.3 Å². The summed E-state index contributed by atoms with van der Waals surface area (Å²) in [6.45, 7) is 0. The van der Waals surface area contributed by atoms with Gasteiger partial charge < -0.3 is 5.32 Å². The van der Waals surface area contributed by atoms with Crippen molar-refractivity contribution in [2.45, 2.75) is 12.4 Å². The van der Waals surface area contributed by atoms with E-state index >= 15 is 0 Å². The molecular weight excluding hydrogens is 406 g/mol. The van der Waals surface area contributed by atoms with Gasteiger partial charge in [-0.1, -0.05) is 0 Å². The fraction of sp³-hybridized carbons (Fsp3) is 0.235. The van der Waals surface area contributed by atoms with Crippen LogP contribution in [0, 0.1) is 0 Å². The zero-order chi connectivity index (χ0) is 21.7. The summed E-state index contributed by atoms with van der Waals surface area (Å²) in [5.74, 6) is 0. The molecule has 0 aliphatic carbocycles. The number of pyridine rings is 1. The van der Waals surface area contributed by atoms with E-state index in [1.54, 1.807) is 0 Å². The molecule has 0 bridgehead atoms. The third-order valence-corrected chi connectivity index (χ3v) is 4.21. The minimum absolute atomic E-state index is 0.00142. The van der Waals surface area contributed by atoms with Crippen LogP contribution >= 0.6 is 0 Å². The largest absolute Gasteiger partial charge is 0.416 e. The summed E-state index contributed by atoms with van der Waals surface area (Å²) in [6, 6.07) is 2.20. The summed E-state index contributed by atoms with van der Waals surface area (Å²) in [5, 5.41) is 2.25. The molecule has 6 nitrogen and oxygen atoms in total. The second-order valence-electron chi connectivity index (χ2n) is 6.18. The van der Waals surface area contributed by atoms with Gasteiger partial charge in [-0.25, -0.2) is 9.78 Å². The summed E-state index contributed by atoms with van der Waals surface area (Å²) in [6.07, 6.45) is -8.86. The lowest BCUT2D eigenvalue weighted by Gasteiger charge is -2.16. The number of aryl methyl sites for hydroxylation is 1. The van der Waals surface area contributed by atoms with E-state index in [9.17, 15) is 35.9 Å². The van der Waals surface area contributed by atoms with E-state index in [4.69, 9.17) is 0 Å². The third-order valence-electron chi connectivity index (χ3n) is 4.21. The van der Waals surface area contributed by atoms with Crippen LogP contribution in [0.3, 0.4) is 0 Å². The Bertz CT molecular complexity index is 1190. The van der Waals surface area contributed by atoms with E-state index in [-0.39, 0.29) is 22.8 Å². The summed E-state index contributed by atoms with van der Waals surface area (Å²) in [5.41, 5.74) is -5.21. The molecule has 0 aliphatic rings. The number of alkyl halides is 6. The van der Waals surface area contributed by atoms with Crippen molar-refractivity contribution in [2.24, 2.45) is 14.1 Å². The molecule has 0 saturated carbocycles. The number of nitrogens with zero attached hydrogens (tertiary/aromatic N) is 3. The Morgan fingerprint density at radius 3 is 1.97 bits per heavy atom. The number of benzene rings is 1. The molecule has 0 unspecified atom stereocenters. The topological polar surface area (TPSA) is 68.9 Å². The van der Waals surface area contributed by atoms with Gasteiger partial charge in [0.1, 0.15) is 5.39 Å². The Balaban J connectivity index is 2.25. The molecule has 29 heavy (non-hydrogen) atoms. The predicted molar refractivity (Wildman–Crippen MR) is 92.0 cm³/mol. The van der Waals surface area contributed by atoms with Crippen LogP contribution in [0.2, 0.25) is 0 Å². The highest BCUT2D eigenvalue weighted by molar-refractivity contribution is 5.90. The van der Waals surface area contributed by atoms with Crippen LogP contribution in [0.25, 0.3) is 11.0 Å². The SMILES string of the molecule is Cn1c(=O)c2c(Nc3cc(C(F)(F)F)cc(C(F)(F)F)c3)ccnc2n(C)c1=O. The minimum Gasteiger partial charge on any atom is -0.355 e. The Morgan fingerprint density at radius 2 is 1.45 bits per heavy atom. The van der Waals surface area contributed by atoms with Crippen LogP contribution < -0.4 is 16.6 Å². The van der Waals surface area contributed by atoms with E-state index < -0.39 is 40.4 Å². The average molecular weight is 418 g/mol. The molecule has 0 spiro atoms. The van der Waals surface area contributed by atoms with E-state index in [1.807, 2.05) is 0 Å². The number of fused-ring (bicyclic) bond motifs is 1. The molecule has 3 aromatic rings. The lowest BCUT2D eigenvalue weighted by atomic mass is 10.1. The first-order valence-electron chi connectivity index (χ1n) is 7.92. The lowest BCUT2D eigenvalue weighted by molar-refractivity contribution is -0.143. The Labute approximate surface area is 158 Å². The van der Waals surface area contributed by atoms with Gasteiger partial charge in [0.2, 0.25) is 0 Å². The Kier molecular flexibility index (Phi) is 4.67. The van der Waals surface area contributed by atoms with Crippen LogP contribution in [0.1, 0.15) is 11.1 Å². The highest BCUT2D eigenvalue weighted by Crippen LogP contribution is 2.38. The first kappa shape index (κ1) is 20.4. The van der Waals surface area contributed by atoms with Gasteiger partial charge in [-0.3, -0.25) is 13.9 Å². The van der Waals surface area contributed by atoms with Crippen molar-refractivity contribution >= 4 is 22.4 Å². The van der Waals surface area contributed by atoms with Crippen molar-refractivity contribution in [3.05, 3.63) is 62.4 Å². The van der Waals surface area contributed by atoms with Gasteiger partial charge in [0.15, 0.2) is 5.65 Å². The van der Waals surface area contributed by atoms with Gasteiger partial charge in [-0.2, -0.15) is 26.3 Å². The van der Waals surface area contributed by atoms with Crippen molar-refractivity contribution in [1.29, 1.82) is 0 Å². The van der Waals surface area contributed by atoms with Crippen molar-refractivity contribution in [3.8, 4) is 0 Å². The number of hydrogen-bond donors (Lipinski definition) is 1. The number of rotatable bonds is 2. The zero-order valence-electron chi connectivity index (χ0n) is 14.8. The zero-order valence-corrected chi connectivity index (χ0v) is 14.8. The van der Waals surface area contributed by atoms with Crippen molar-refractivity contribution in [2.75, 3.05) is 5.32 Å². The molecule has 12 heteroatoms. The highest BCUT2D eigenvalue weighted by Gasteiger charge is 2.37. The average Bonchev–Trinajstić information content (AvgIpc) is 2.63. The van der Waals surface area contributed by atoms with Gasteiger partial charge in [-0.15, -0.1) is 0 Å². The lowest BCUT2D eigenvalue weighted by Crippen LogP contribution is -2.37. The summed E-state index contributed by atoms with van der Waals surface area (Å²) < 4.78 is 80.1. The van der Waals surface area contributed by atoms with Crippen molar-refractivity contribution < 1.29 is 26.3 Å². The number of aromatic nitrogens is 3. The van der Waals surface area contributed by atoms with Gasteiger partial charge in [0.25, 0.3) is 5.56 Å². The molecule has 0 fully saturated rings. The summed E-state index contributed by atoms with van der Waals surface area (Å²) >= 11 is 0. The molecular formula is C17H12F6N4O2. The molecule has 0 radical (unpaired) electrons. The number of halogens is 6. The molecule has 0 atom stereocenters. The minimum atomic E-state index is -5.02. The molecule has 1 N–H and O–H groups in total. The van der Waals surface area contributed by atoms with E-state index in [2.05, 4.69) is 10.3 Å². The predicted octanol–water partition coefficient (Wildman–Crippen LogP) is 3.41. The normalized spacial score (nSPS) is 12.4. The number of hydrogen-bond acceptors (Lipinski definition) is 4. The summed E-state index contributed by atoms with van der Waals surface area (Å²) in [4.78, 5) is 28.4. The van der Waals surface area contributed by atoms with E-state index in [1.165, 1.54) is 26.4 Å². The van der Waals surface area contributed by atoms with Gasteiger partial charge in [0.05, 0.1) is 16.8 Å². The number of nitrogens with one attached hydrogen (secondary N) is 1. The fourth-order valence-electron chi connectivity index (χ4n) is 2.77. The van der Waals surface area contributed by atoms with Crippen molar-refractivity contribution in [3.63, 3.8) is 0 Å². The first-order chi connectivity index (χ1) is 13.3.